The second-order valence-corrected chi connectivity index (χ2v) is 12.6. The van der Waals surface area contributed by atoms with E-state index in [4.69, 9.17) is 4.74 Å². The molecule has 0 aliphatic rings. The largest absolute Gasteiger partial charge is 0.497 e. The summed E-state index contributed by atoms with van der Waals surface area (Å²) in [7, 11) is -2.28. The van der Waals surface area contributed by atoms with Gasteiger partial charge in [0.25, 0.3) is 11.8 Å². The van der Waals surface area contributed by atoms with Gasteiger partial charge in [0.15, 0.2) is 6.10 Å². The Morgan fingerprint density at radius 3 is 2.37 bits per heavy atom. The molecule has 0 fully saturated rings. The zero-order valence-corrected chi connectivity index (χ0v) is 23.5. The first kappa shape index (κ1) is 29.3. The van der Waals surface area contributed by atoms with Crippen LogP contribution < -0.4 is 9.46 Å². The summed E-state index contributed by atoms with van der Waals surface area (Å²) >= 11 is 1.21. The molecule has 1 heterocycles. The summed E-state index contributed by atoms with van der Waals surface area (Å²) in [6.07, 6.45) is -0.00587. The Labute approximate surface area is 227 Å². The second kappa shape index (κ2) is 13.0. The number of carbonyl (C=O) groups is 2. The standard InChI is InChI=1S/C27H33N3O6S2/c1-18(2)38(34,35)29-26(32)24-19(3)37-23(28-24)17-30(16-8-11-20-9-6-5-7-10-20)27(33)25(31)21-12-14-22(36-4)15-13-21/h5-7,9-10,12-15,18,25,31H,8,11,16-17H2,1-4H3,(H,29,32)/t25-/m1/s1. The minimum absolute atomic E-state index is 0.00149. The Hall–Kier alpha value is -3.28. The van der Waals surface area contributed by atoms with Gasteiger partial charge in [0.1, 0.15) is 16.5 Å². The summed E-state index contributed by atoms with van der Waals surface area (Å²) in [6, 6.07) is 16.5. The molecule has 1 atom stereocenters. The van der Waals surface area contributed by atoms with Crippen LogP contribution in [0.25, 0.3) is 0 Å². The molecular weight excluding hydrogens is 526 g/mol. The van der Waals surface area contributed by atoms with Crippen molar-refractivity contribution in [2.75, 3.05) is 13.7 Å². The predicted molar refractivity (Wildman–Crippen MR) is 147 cm³/mol. The first-order valence-electron chi connectivity index (χ1n) is 12.2. The first-order chi connectivity index (χ1) is 18.0. The topological polar surface area (TPSA) is 126 Å². The fourth-order valence-electron chi connectivity index (χ4n) is 3.68. The lowest BCUT2D eigenvalue weighted by Crippen LogP contribution is -2.36. The van der Waals surface area contributed by atoms with Gasteiger partial charge in [0.2, 0.25) is 10.0 Å². The molecule has 0 aliphatic carbocycles. The maximum absolute atomic E-state index is 13.4. The van der Waals surface area contributed by atoms with Gasteiger partial charge in [-0.3, -0.25) is 9.59 Å². The van der Waals surface area contributed by atoms with Crippen molar-refractivity contribution in [1.82, 2.24) is 14.6 Å². The Bertz CT molecular complexity index is 1340. The molecule has 3 rings (SSSR count). The highest BCUT2D eigenvalue weighted by Gasteiger charge is 2.27. The third kappa shape index (κ3) is 7.62. The number of carbonyl (C=O) groups excluding carboxylic acids is 2. The van der Waals surface area contributed by atoms with Crippen molar-refractivity contribution < 1.29 is 27.9 Å². The van der Waals surface area contributed by atoms with Crippen molar-refractivity contribution in [2.24, 2.45) is 0 Å². The number of rotatable bonds is 12. The molecule has 0 saturated heterocycles. The maximum Gasteiger partial charge on any atom is 0.284 e. The number of aliphatic hydroxyl groups excluding tert-OH is 1. The molecule has 2 aromatic carbocycles. The fourth-order valence-corrected chi connectivity index (χ4v) is 5.21. The third-order valence-electron chi connectivity index (χ3n) is 5.95. The Kier molecular flexibility index (Phi) is 10.0. The number of hydrogen-bond donors (Lipinski definition) is 2. The summed E-state index contributed by atoms with van der Waals surface area (Å²) in [5.74, 6) is -0.694. The van der Waals surface area contributed by atoms with Crippen LogP contribution in [0.1, 0.15) is 57.9 Å². The number of aromatic nitrogens is 1. The van der Waals surface area contributed by atoms with Crippen LogP contribution in [-0.2, 0) is 27.8 Å². The molecular formula is C27H33N3O6S2. The molecule has 9 nitrogen and oxygen atoms in total. The normalized spacial score (nSPS) is 12.3. The second-order valence-electron chi connectivity index (χ2n) is 9.06. The van der Waals surface area contributed by atoms with Crippen LogP contribution in [0.2, 0.25) is 0 Å². The highest BCUT2D eigenvalue weighted by atomic mass is 32.2. The zero-order chi connectivity index (χ0) is 27.9. The van der Waals surface area contributed by atoms with E-state index in [-0.39, 0.29) is 12.2 Å². The Balaban J connectivity index is 1.80. The van der Waals surface area contributed by atoms with Gasteiger partial charge in [0.05, 0.1) is 18.9 Å². The number of benzene rings is 2. The smallest absolute Gasteiger partial charge is 0.284 e. The molecule has 3 aromatic rings. The Morgan fingerprint density at radius 2 is 1.76 bits per heavy atom. The molecule has 0 aliphatic heterocycles. The lowest BCUT2D eigenvalue weighted by Gasteiger charge is -2.25. The van der Waals surface area contributed by atoms with Crippen molar-refractivity contribution in [3.63, 3.8) is 0 Å². The van der Waals surface area contributed by atoms with Crippen LogP contribution in [0.4, 0.5) is 0 Å². The van der Waals surface area contributed by atoms with Gasteiger partial charge in [-0.15, -0.1) is 11.3 Å². The predicted octanol–water partition coefficient (Wildman–Crippen LogP) is 3.62. The lowest BCUT2D eigenvalue weighted by molar-refractivity contribution is -0.141. The van der Waals surface area contributed by atoms with Crippen LogP contribution in [0.5, 0.6) is 5.75 Å². The van der Waals surface area contributed by atoms with E-state index in [1.807, 2.05) is 30.3 Å². The van der Waals surface area contributed by atoms with Crippen molar-refractivity contribution >= 4 is 33.2 Å². The van der Waals surface area contributed by atoms with Crippen LogP contribution in [0.15, 0.2) is 54.6 Å². The van der Waals surface area contributed by atoms with Gasteiger partial charge in [-0.1, -0.05) is 42.5 Å². The minimum atomic E-state index is -3.82. The van der Waals surface area contributed by atoms with Gasteiger partial charge < -0.3 is 14.7 Å². The van der Waals surface area contributed by atoms with Crippen molar-refractivity contribution in [1.29, 1.82) is 0 Å². The van der Waals surface area contributed by atoms with E-state index in [2.05, 4.69) is 9.71 Å². The quantitative estimate of drug-likeness (QED) is 0.347. The van der Waals surface area contributed by atoms with E-state index >= 15 is 0 Å². The number of ether oxygens (including phenoxy) is 1. The van der Waals surface area contributed by atoms with Crippen LogP contribution in [0, 0.1) is 6.92 Å². The molecule has 2 amide bonds. The first-order valence-corrected chi connectivity index (χ1v) is 14.5. The summed E-state index contributed by atoms with van der Waals surface area (Å²) < 4.78 is 31.5. The zero-order valence-electron chi connectivity index (χ0n) is 21.9. The molecule has 38 heavy (non-hydrogen) atoms. The average molecular weight is 560 g/mol. The molecule has 0 bridgehead atoms. The van der Waals surface area contributed by atoms with E-state index in [1.165, 1.54) is 37.2 Å². The number of nitrogens with one attached hydrogen (secondary N) is 1. The average Bonchev–Trinajstić information content (AvgIpc) is 3.27. The van der Waals surface area contributed by atoms with Gasteiger partial charge in [0, 0.05) is 11.4 Å². The number of hydrogen-bond acceptors (Lipinski definition) is 8. The third-order valence-corrected chi connectivity index (χ3v) is 8.62. The summed E-state index contributed by atoms with van der Waals surface area (Å²) in [5, 5.41) is 10.6. The minimum Gasteiger partial charge on any atom is -0.497 e. The van der Waals surface area contributed by atoms with Gasteiger partial charge in [-0.2, -0.15) is 0 Å². The Morgan fingerprint density at radius 1 is 1.11 bits per heavy atom. The van der Waals surface area contributed by atoms with Crippen LogP contribution in [0.3, 0.4) is 0 Å². The van der Waals surface area contributed by atoms with Crippen LogP contribution >= 0.6 is 11.3 Å². The maximum atomic E-state index is 13.4. The number of aryl methyl sites for hydroxylation is 2. The highest BCUT2D eigenvalue weighted by molar-refractivity contribution is 7.90. The summed E-state index contributed by atoms with van der Waals surface area (Å²) in [4.78, 5) is 32.4. The van der Waals surface area contributed by atoms with E-state index < -0.39 is 33.2 Å². The molecule has 0 radical (unpaired) electrons. The molecule has 11 heteroatoms. The van der Waals surface area contributed by atoms with E-state index in [0.29, 0.717) is 34.2 Å². The number of nitrogens with zero attached hydrogens (tertiary/aromatic N) is 2. The number of thiazole rings is 1. The summed E-state index contributed by atoms with van der Waals surface area (Å²) in [6.45, 7) is 5.04. The molecule has 0 unspecified atom stereocenters. The molecule has 0 spiro atoms. The monoisotopic (exact) mass is 559 g/mol. The van der Waals surface area contributed by atoms with Crippen molar-refractivity contribution in [3.05, 3.63) is 81.3 Å². The van der Waals surface area contributed by atoms with E-state index in [0.717, 1.165) is 12.0 Å². The highest BCUT2D eigenvalue weighted by Crippen LogP contribution is 2.24. The molecule has 2 N–H and O–H groups in total. The van der Waals surface area contributed by atoms with E-state index in [1.54, 1.807) is 31.2 Å². The van der Waals surface area contributed by atoms with Crippen molar-refractivity contribution in [2.45, 2.75) is 51.5 Å². The van der Waals surface area contributed by atoms with Gasteiger partial charge in [-0.05, 0) is 56.9 Å². The molecule has 1 aromatic heterocycles. The molecule has 0 saturated carbocycles. The van der Waals surface area contributed by atoms with E-state index in [9.17, 15) is 23.1 Å². The lowest BCUT2D eigenvalue weighted by atomic mass is 10.1. The number of sulfonamides is 1. The SMILES string of the molecule is COc1ccc([C@@H](O)C(=O)N(CCCc2ccccc2)Cc2nc(C(=O)NS(=O)(=O)C(C)C)c(C)s2)cc1. The number of amides is 2. The van der Waals surface area contributed by atoms with Gasteiger partial charge in [-0.25, -0.2) is 18.1 Å². The van der Waals surface area contributed by atoms with Crippen molar-refractivity contribution in [3.8, 4) is 5.75 Å². The number of aliphatic hydroxyl groups is 1. The fraction of sp³-hybridized carbons (Fsp3) is 0.370. The summed E-state index contributed by atoms with van der Waals surface area (Å²) in [5.41, 5.74) is 1.56. The van der Waals surface area contributed by atoms with Gasteiger partial charge >= 0.3 is 0 Å². The van der Waals surface area contributed by atoms with Crippen LogP contribution in [-0.4, -0.2) is 54.1 Å². The molecule has 204 valence electrons. The number of methoxy groups -OCH3 is 1.